The van der Waals surface area contributed by atoms with E-state index >= 15 is 0 Å². The van der Waals surface area contributed by atoms with Crippen molar-refractivity contribution in [3.63, 3.8) is 0 Å². The molecule has 3 heteroatoms. The molecule has 6 rings (SSSR count). The summed E-state index contributed by atoms with van der Waals surface area (Å²) in [5, 5.41) is 3.05. The first-order valence-electron chi connectivity index (χ1n) is 16.0. The van der Waals surface area contributed by atoms with Gasteiger partial charge in [-0.05, 0) is 58.4 Å². The first-order chi connectivity index (χ1) is 20.2. The van der Waals surface area contributed by atoms with Crippen LogP contribution in [0.25, 0.3) is 34.4 Å². The molecular weight excluding hydrogens is 565 g/mol. The Balaban J connectivity index is 1.38. The number of allylic oxidation sites excluding steroid dienone is 2. The van der Waals surface area contributed by atoms with Gasteiger partial charge in [-0.2, -0.15) is 0 Å². The Morgan fingerprint density at radius 1 is 0.442 bits per heavy atom. The zero-order chi connectivity index (χ0) is 30.9. The van der Waals surface area contributed by atoms with Gasteiger partial charge in [0.25, 0.3) is 0 Å². The lowest BCUT2D eigenvalue weighted by atomic mass is 9.97. The fourth-order valence-corrected chi connectivity index (χ4v) is 15.3. The molecule has 0 aliphatic heterocycles. The van der Waals surface area contributed by atoms with Crippen molar-refractivity contribution in [2.24, 2.45) is 0 Å². The Hall–Kier alpha value is -2.99. The first-order valence-corrected chi connectivity index (χ1v) is 26.2. The Labute approximate surface area is 263 Å². The van der Waals surface area contributed by atoms with Crippen LogP contribution in [0.15, 0.2) is 96.1 Å². The average molecular weight is 613 g/mol. The topological polar surface area (TPSA) is 0 Å². The second kappa shape index (κ2) is 10.6. The maximum atomic E-state index is 2.64. The molecule has 2 aliphatic carbocycles. The zero-order valence-electron chi connectivity index (χ0n) is 27.9. The molecule has 4 aromatic rings. The van der Waals surface area contributed by atoms with Gasteiger partial charge < -0.3 is 0 Å². The van der Waals surface area contributed by atoms with Crippen LogP contribution in [0.4, 0.5) is 0 Å². The van der Waals surface area contributed by atoms with Gasteiger partial charge in [0.05, 0.1) is 24.2 Å². The minimum atomic E-state index is -1.91. The molecule has 0 nitrogen and oxygen atoms in total. The number of hydrogen-bond donors (Lipinski definition) is 0. The van der Waals surface area contributed by atoms with E-state index in [4.69, 9.17) is 0 Å². The average Bonchev–Trinajstić information content (AvgIpc) is 3.48. The number of fused-ring (bicyclic) bond motifs is 2. The summed E-state index contributed by atoms with van der Waals surface area (Å²) in [5.41, 5.74) is 15.5. The highest BCUT2D eigenvalue weighted by molar-refractivity contribution is 6.89. The first kappa shape index (κ1) is 30.1. The Morgan fingerprint density at radius 2 is 0.791 bits per heavy atom. The van der Waals surface area contributed by atoms with E-state index in [2.05, 4.69) is 163 Å². The summed E-state index contributed by atoms with van der Waals surface area (Å²) in [5.74, 6) is 0. The maximum absolute atomic E-state index is 2.64. The normalized spacial score (nSPS) is 18.3. The van der Waals surface area contributed by atoms with Crippen LogP contribution in [0, 0.1) is 0 Å². The molecule has 2 aliphatic rings. The monoisotopic (exact) mass is 612 g/mol. The molecule has 220 valence electrons. The second-order valence-corrected chi connectivity index (χ2v) is 30.7. The third-order valence-electron chi connectivity index (χ3n) is 10.2. The van der Waals surface area contributed by atoms with Crippen molar-refractivity contribution in [2.45, 2.75) is 77.3 Å². The van der Waals surface area contributed by atoms with Crippen molar-refractivity contribution < 1.29 is 0 Å². The van der Waals surface area contributed by atoms with Crippen molar-refractivity contribution in [3.05, 3.63) is 118 Å². The molecule has 0 spiro atoms. The molecule has 0 amide bonds. The van der Waals surface area contributed by atoms with Gasteiger partial charge in [0.1, 0.15) is 0 Å². The number of hydrogen-bond acceptors (Lipinski definition) is 0. The van der Waals surface area contributed by atoms with Gasteiger partial charge in [0.15, 0.2) is 0 Å². The molecule has 0 saturated heterocycles. The van der Waals surface area contributed by atoms with Crippen LogP contribution >= 0.6 is 0 Å². The van der Waals surface area contributed by atoms with Crippen molar-refractivity contribution in [1.29, 1.82) is 0 Å². The summed E-state index contributed by atoms with van der Waals surface area (Å²) in [6.07, 6.45) is 5.03. The van der Waals surface area contributed by atoms with Gasteiger partial charge >= 0.3 is 0 Å². The van der Waals surface area contributed by atoms with Crippen LogP contribution in [0.3, 0.4) is 0 Å². The smallest absolute Gasteiger partial charge is 0.0679 e. The van der Waals surface area contributed by atoms with E-state index < -0.39 is 24.2 Å². The van der Waals surface area contributed by atoms with Crippen LogP contribution in [0.5, 0.6) is 0 Å². The van der Waals surface area contributed by atoms with E-state index in [1.54, 1.807) is 11.1 Å². The van der Waals surface area contributed by atoms with E-state index in [0.717, 1.165) is 0 Å². The van der Waals surface area contributed by atoms with Gasteiger partial charge in [-0.1, -0.05) is 171 Å². The Morgan fingerprint density at radius 3 is 1.12 bits per heavy atom. The zero-order valence-corrected chi connectivity index (χ0v) is 30.9. The largest absolute Gasteiger partial charge is 0.0775 e. The molecule has 0 aromatic heterocycles. The fourth-order valence-electron chi connectivity index (χ4n) is 8.05. The van der Waals surface area contributed by atoms with Crippen molar-refractivity contribution in [3.8, 4) is 22.3 Å². The van der Waals surface area contributed by atoms with Crippen LogP contribution in [-0.4, -0.2) is 24.2 Å². The van der Waals surface area contributed by atoms with Crippen LogP contribution in [0.1, 0.15) is 47.2 Å². The molecule has 2 atom stereocenters. The lowest BCUT2D eigenvalue weighted by Crippen LogP contribution is -2.42. The lowest BCUT2D eigenvalue weighted by molar-refractivity contribution is 0.968. The van der Waals surface area contributed by atoms with Crippen molar-refractivity contribution >= 4 is 46.7 Å². The summed E-state index contributed by atoms with van der Waals surface area (Å²) in [6.45, 7) is 24.6. The van der Waals surface area contributed by atoms with Gasteiger partial charge in [0, 0.05) is 11.1 Å². The Kier molecular flexibility index (Phi) is 7.39. The highest BCUT2D eigenvalue weighted by atomic mass is 28.3. The summed E-state index contributed by atoms with van der Waals surface area (Å²) < 4.78 is 0. The third kappa shape index (κ3) is 5.24. The van der Waals surface area contributed by atoms with Gasteiger partial charge in [-0.15, -0.1) is 0 Å². The molecule has 2 unspecified atom stereocenters. The lowest BCUT2D eigenvalue weighted by Gasteiger charge is -2.39. The molecule has 0 N–H and O–H groups in total. The van der Waals surface area contributed by atoms with E-state index in [-0.39, 0.29) is 0 Å². The molecule has 0 fully saturated rings. The number of rotatable bonds is 6. The van der Waals surface area contributed by atoms with E-state index in [9.17, 15) is 0 Å². The van der Waals surface area contributed by atoms with E-state index in [1.807, 2.05) is 0 Å². The quantitative estimate of drug-likeness (QED) is 0.190. The highest BCUT2D eigenvalue weighted by Gasteiger charge is 2.47. The minimum absolute atomic E-state index is 0.502. The van der Waals surface area contributed by atoms with E-state index in [1.165, 1.54) is 54.9 Å². The molecule has 0 radical (unpaired) electrons. The summed E-state index contributed by atoms with van der Waals surface area (Å²) in [7, 11) is -4.55. The number of benzene rings is 4. The molecular formula is C40H48Si3. The van der Waals surface area contributed by atoms with Crippen molar-refractivity contribution in [2.75, 3.05) is 0 Å². The predicted octanol–water partition coefficient (Wildman–Crippen LogP) is 10.6. The molecule has 4 aromatic carbocycles. The van der Waals surface area contributed by atoms with Gasteiger partial charge in [-0.25, -0.2) is 0 Å². The highest BCUT2D eigenvalue weighted by Crippen LogP contribution is 2.54. The van der Waals surface area contributed by atoms with Crippen LogP contribution in [0.2, 0.25) is 52.4 Å². The second-order valence-electron chi connectivity index (χ2n) is 15.7. The van der Waals surface area contributed by atoms with E-state index in [0.29, 0.717) is 11.1 Å². The fraction of sp³-hybridized carbons (Fsp3) is 0.300. The Bertz CT molecular complexity index is 1620. The molecule has 0 bridgehead atoms. The van der Waals surface area contributed by atoms with Crippen LogP contribution < -0.4 is 10.4 Å². The predicted molar refractivity (Wildman–Crippen MR) is 200 cm³/mol. The standard InChI is InChI=1S/C40H48Si3/c1-27-25-37-33(29-17-21-31(22-18-29)41(3,4)5)13-11-15-35(37)39(27)43(9,10)40-28(2)26-38-34(14-12-16-36(38)40)30-19-23-32(24-20-30)42(6,7)8/h11-26,39-40H,1-10H3. The molecule has 0 heterocycles. The van der Waals surface area contributed by atoms with Gasteiger partial charge in [0.2, 0.25) is 0 Å². The summed E-state index contributed by atoms with van der Waals surface area (Å²) in [6, 6.07) is 33.1. The maximum Gasteiger partial charge on any atom is 0.0775 e. The SMILES string of the molecule is CC1=Cc2c(-c3ccc([Si](C)(C)C)cc3)cccc2C1[Si](C)(C)C1C(C)=Cc2c(-c3ccc([Si](C)(C)C)cc3)cccc21. The third-order valence-corrected chi connectivity index (χ3v) is 18.8. The van der Waals surface area contributed by atoms with Gasteiger partial charge in [-0.3, -0.25) is 0 Å². The van der Waals surface area contributed by atoms with Crippen LogP contribution in [-0.2, 0) is 0 Å². The molecule has 43 heavy (non-hydrogen) atoms. The summed E-state index contributed by atoms with van der Waals surface area (Å²) in [4.78, 5) is 0. The molecule has 0 saturated carbocycles. The minimum Gasteiger partial charge on any atom is -0.0679 e. The summed E-state index contributed by atoms with van der Waals surface area (Å²) >= 11 is 0. The van der Waals surface area contributed by atoms with Crippen molar-refractivity contribution in [1.82, 2.24) is 0 Å².